The molecule has 0 aliphatic carbocycles. The molecule has 0 unspecified atom stereocenters. The summed E-state index contributed by atoms with van der Waals surface area (Å²) in [5.74, 6) is -0.0690. The van der Waals surface area contributed by atoms with E-state index in [0.29, 0.717) is 11.3 Å². The van der Waals surface area contributed by atoms with Gasteiger partial charge in [-0.15, -0.1) is 0 Å². The molecule has 96 valence electrons. The van der Waals surface area contributed by atoms with Gasteiger partial charge in [-0.05, 0) is 0 Å². The first-order chi connectivity index (χ1) is 9.18. The first-order valence-electron chi connectivity index (χ1n) is 6.09. The topological polar surface area (TPSA) is 32.7 Å². The summed E-state index contributed by atoms with van der Waals surface area (Å²) in [7, 11) is 3.61. The van der Waals surface area contributed by atoms with E-state index in [9.17, 15) is 4.79 Å². The number of benzene rings is 2. The van der Waals surface area contributed by atoms with Crippen molar-refractivity contribution in [3.05, 3.63) is 71.8 Å². The highest BCUT2D eigenvalue weighted by atomic mass is 16.1. The zero-order valence-corrected chi connectivity index (χ0v) is 11.1. The quantitative estimate of drug-likeness (QED) is 0.476. The Kier molecular flexibility index (Phi) is 4.08. The molecule has 0 aliphatic heterocycles. The lowest BCUT2D eigenvalue weighted by molar-refractivity contribution is 0.106. The first-order valence-corrected chi connectivity index (χ1v) is 6.09. The Balaban J connectivity index is 2.43. The van der Waals surface area contributed by atoms with Crippen LogP contribution in [0.5, 0.6) is 0 Å². The van der Waals surface area contributed by atoms with Crippen molar-refractivity contribution >= 4 is 11.5 Å². The second-order valence-corrected chi connectivity index (χ2v) is 4.36. The number of Topliss-reactive ketones (excluding diaryl/α,β-unsaturated/α-hetero) is 1. The van der Waals surface area contributed by atoms with E-state index in [2.05, 4.69) is 5.10 Å². The summed E-state index contributed by atoms with van der Waals surface area (Å²) in [6.45, 7) is 0. The molecule has 3 nitrogen and oxygen atoms in total. The predicted octanol–water partition coefficient (Wildman–Crippen LogP) is 2.84. The van der Waals surface area contributed by atoms with Crippen molar-refractivity contribution in [2.75, 3.05) is 14.1 Å². The molecule has 0 N–H and O–H groups in total. The minimum atomic E-state index is -0.0690. The third-order valence-corrected chi connectivity index (χ3v) is 2.60. The molecule has 0 radical (unpaired) electrons. The van der Waals surface area contributed by atoms with Crippen LogP contribution in [-0.2, 0) is 0 Å². The van der Waals surface area contributed by atoms with Gasteiger partial charge >= 0.3 is 0 Å². The average Bonchev–Trinajstić information content (AvgIpc) is 2.46. The van der Waals surface area contributed by atoms with Crippen LogP contribution in [0.15, 0.2) is 65.8 Å². The minimum Gasteiger partial charge on any atom is -0.302 e. The van der Waals surface area contributed by atoms with E-state index >= 15 is 0 Å². The highest BCUT2D eigenvalue weighted by Crippen LogP contribution is 2.09. The number of carbonyl (C=O) groups is 1. The Bertz CT molecular complexity index is 574. The summed E-state index contributed by atoms with van der Waals surface area (Å²) in [5, 5.41) is 5.97. The number of hydrazone groups is 1. The zero-order chi connectivity index (χ0) is 13.7. The van der Waals surface area contributed by atoms with Gasteiger partial charge in [0, 0.05) is 25.2 Å². The lowest BCUT2D eigenvalue weighted by atomic mass is 10.0. The van der Waals surface area contributed by atoms with Gasteiger partial charge in [0.05, 0.1) is 0 Å². The molecule has 0 amide bonds. The van der Waals surface area contributed by atoms with Crippen molar-refractivity contribution in [2.24, 2.45) is 5.10 Å². The fourth-order valence-corrected chi connectivity index (χ4v) is 1.76. The molecule has 0 fully saturated rings. The van der Waals surface area contributed by atoms with Gasteiger partial charge in [-0.2, -0.15) is 5.10 Å². The SMILES string of the molecule is CN(C)/N=C(/C(=O)c1ccccc1)c1ccccc1. The highest BCUT2D eigenvalue weighted by Gasteiger charge is 2.16. The molecular formula is C16H16N2O. The number of hydrogen-bond donors (Lipinski definition) is 0. The summed E-state index contributed by atoms with van der Waals surface area (Å²) in [6.07, 6.45) is 0. The Labute approximate surface area is 113 Å². The molecule has 0 aliphatic rings. The van der Waals surface area contributed by atoms with Crippen molar-refractivity contribution in [3.63, 3.8) is 0 Å². The fraction of sp³-hybridized carbons (Fsp3) is 0.125. The molecule has 0 bridgehead atoms. The Morgan fingerprint density at radius 2 is 1.32 bits per heavy atom. The maximum absolute atomic E-state index is 12.5. The van der Waals surface area contributed by atoms with Gasteiger partial charge in [0.2, 0.25) is 5.78 Å². The smallest absolute Gasteiger partial charge is 0.213 e. The molecule has 0 saturated carbocycles. The molecule has 2 aromatic rings. The van der Waals surface area contributed by atoms with Gasteiger partial charge in [0.1, 0.15) is 5.71 Å². The number of ketones is 1. The predicted molar refractivity (Wildman–Crippen MR) is 77.4 cm³/mol. The molecule has 3 heteroatoms. The van der Waals surface area contributed by atoms with Crippen molar-refractivity contribution < 1.29 is 4.79 Å². The third kappa shape index (κ3) is 3.28. The van der Waals surface area contributed by atoms with Gasteiger partial charge in [0.15, 0.2) is 0 Å². The second kappa shape index (κ2) is 5.96. The van der Waals surface area contributed by atoms with Crippen LogP contribution in [-0.4, -0.2) is 30.6 Å². The molecule has 0 saturated heterocycles. The number of hydrogen-bond acceptors (Lipinski definition) is 3. The van der Waals surface area contributed by atoms with Crippen LogP contribution < -0.4 is 0 Å². The van der Waals surface area contributed by atoms with Gasteiger partial charge in [-0.25, -0.2) is 0 Å². The van der Waals surface area contributed by atoms with Crippen LogP contribution >= 0.6 is 0 Å². The Hall–Kier alpha value is -2.42. The summed E-state index contributed by atoms with van der Waals surface area (Å²) < 4.78 is 0. The second-order valence-electron chi connectivity index (χ2n) is 4.36. The highest BCUT2D eigenvalue weighted by molar-refractivity contribution is 6.51. The molecule has 0 atom stereocenters. The van der Waals surface area contributed by atoms with E-state index in [1.165, 1.54) is 0 Å². The van der Waals surface area contributed by atoms with Gasteiger partial charge in [-0.3, -0.25) is 4.79 Å². The van der Waals surface area contributed by atoms with Crippen molar-refractivity contribution in [2.45, 2.75) is 0 Å². The Morgan fingerprint density at radius 3 is 1.79 bits per heavy atom. The summed E-state index contributed by atoms with van der Waals surface area (Å²) in [4.78, 5) is 12.5. The number of carbonyl (C=O) groups excluding carboxylic acids is 1. The van der Waals surface area contributed by atoms with E-state index in [4.69, 9.17) is 0 Å². The van der Waals surface area contributed by atoms with Crippen molar-refractivity contribution in [1.29, 1.82) is 0 Å². The summed E-state index contributed by atoms with van der Waals surface area (Å²) in [6, 6.07) is 18.7. The summed E-state index contributed by atoms with van der Waals surface area (Å²) >= 11 is 0. The lowest BCUT2D eigenvalue weighted by Gasteiger charge is -2.10. The van der Waals surface area contributed by atoms with Crippen LogP contribution in [0.1, 0.15) is 15.9 Å². The number of rotatable bonds is 4. The van der Waals surface area contributed by atoms with E-state index in [1.54, 1.807) is 31.2 Å². The standard InChI is InChI=1S/C16H16N2O/c1-18(2)17-15(13-9-5-3-6-10-13)16(19)14-11-7-4-8-12-14/h3-12H,1-2H3/b17-15+. The molecular weight excluding hydrogens is 236 g/mol. The summed E-state index contributed by atoms with van der Waals surface area (Å²) in [5.41, 5.74) is 1.92. The molecule has 0 spiro atoms. The van der Waals surface area contributed by atoms with Crippen LogP contribution in [0.25, 0.3) is 0 Å². The zero-order valence-electron chi connectivity index (χ0n) is 11.1. The maximum atomic E-state index is 12.5. The lowest BCUT2D eigenvalue weighted by Crippen LogP contribution is -2.19. The van der Waals surface area contributed by atoms with Gasteiger partial charge in [0.25, 0.3) is 0 Å². The van der Waals surface area contributed by atoms with Gasteiger partial charge in [-0.1, -0.05) is 60.7 Å². The molecule has 0 heterocycles. The van der Waals surface area contributed by atoms with Crippen LogP contribution in [0.2, 0.25) is 0 Å². The molecule has 19 heavy (non-hydrogen) atoms. The third-order valence-electron chi connectivity index (χ3n) is 2.60. The monoisotopic (exact) mass is 252 g/mol. The van der Waals surface area contributed by atoms with Crippen LogP contribution in [0.3, 0.4) is 0 Å². The van der Waals surface area contributed by atoms with E-state index in [0.717, 1.165) is 5.56 Å². The van der Waals surface area contributed by atoms with E-state index in [1.807, 2.05) is 48.5 Å². The first kappa shape index (κ1) is 13.0. The van der Waals surface area contributed by atoms with Crippen LogP contribution in [0.4, 0.5) is 0 Å². The van der Waals surface area contributed by atoms with Crippen LogP contribution in [0, 0.1) is 0 Å². The maximum Gasteiger partial charge on any atom is 0.213 e. The van der Waals surface area contributed by atoms with Gasteiger partial charge < -0.3 is 5.01 Å². The van der Waals surface area contributed by atoms with Crippen molar-refractivity contribution in [1.82, 2.24) is 5.01 Å². The van der Waals surface area contributed by atoms with Crippen molar-refractivity contribution in [3.8, 4) is 0 Å². The molecule has 2 aromatic carbocycles. The molecule has 2 rings (SSSR count). The molecule has 0 aromatic heterocycles. The fourth-order valence-electron chi connectivity index (χ4n) is 1.76. The average molecular weight is 252 g/mol. The largest absolute Gasteiger partial charge is 0.302 e. The minimum absolute atomic E-state index is 0.0690. The normalized spacial score (nSPS) is 11.2. The number of nitrogens with zero attached hydrogens (tertiary/aromatic N) is 2. The Morgan fingerprint density at radius 1 is 0.842 bits per heavy atom. The van der Waals surface area contributed by atoms with E-state index in [-0.39, 0.29) is 5.78 Å². The van der Waals surface area contributed by atoms with E-state index < -0.39 is 0 Å².